The number of carboxylic acid groups (broad SMARTS) is 1. The quantitative estimate of drug-likeness (QED) is 0.920. The Morgan fingerprint density at radius 2 is 2.00 bits per heavy atom. The molecule has 22 heavy (non-hydrogen) atoms. The fourth-order valence-corrected chi connectivity index (χ4v) is 2.74. The number of amides is 1. The van der Waals surface area contributed by atoms with E-state index in [0.29, 0.717) is 18.5 Å². The Bertz CT molecular complexity index is 622. The summed E-state index contributed by atoms with van der Waals surface area (Å²) in [5, 5.41) is 8.88. The van der Waals surface area contributed by atoms with E-state index in [0.717, 1.165) is 12.1 Å². The molecule has 2 fully saturated rings. The summed E-state index contributed by atoms with van der Waals surface area (Å²) in [7, 11) is 0. The van der Waals surface area contributed by atoms with E-state index in [2.05, 4.69) is 0 Å². The Morgan fingerprint density at radius 1 is 1.23 bits per heavy atom. The van der Waals surface area contributed by atoms with Crippen molar-refractivity contribution in [3.63, 3.8) is 0 Å². The first-order valence-corrected chi connectivity index (χ1v) is 7.05. The number of benzene rings is 1. The molecule has 1 saturated carbocycles. The van der Waals surface area contributed by atoms with Crippen LogP contribution in [0.1, 0.15) is 18.1 Å². The van der Waals surface area contributed by atoms with E-state index in [9.17, 15) is 18.4 Å². The van der Waals surface area contributed by atoms with Gasteiger partial charge in [0.25, 0.3) is 0 Å². The molecular formula is C15H15F2NO4. The topological polar surface area (TPSA) is 66.8 Å². The number of rotatable bonds is 3. The van der Waals surface area contributed by atoms with Gasteiger partial charge in [-0.2, -0.15) is 0 Å². The van der Waals surface area contributed by atoms with Crippen LogP contribution in [0.5, 0.6) is 0 Å². The molecule has 0 radical (unpaired) electrons. The predicted octanol–water partition coefficient (Wildman–Crippen LogP) is 1.59. The minimum absolute atomic E-state index is 0.205. The normalized spacial score (nSPS) is 27.5. The van der Waals surface area contributed by atoms with Gasteiger partial charge in [-0.05, 0) is 24.1 Å². The summed E-state index contributed by atoms with van der Waals surface area (Å²) >= 11 is 0. The number of hydrogen-bond donors (Lipinski definition) is 1. The molecule has 1 heterocycles. The molecule has 0 bridgehead atoms. The van der Waals surface area contributed by atoms with Crippen LogP contribution in [0.3, 0.4) is 0 Å². The largest absolute Gasteiger partial charge is 0.481 e. The van der Waals surface area contributed by atoms with E-state index in [1.54, 1.807) is 4.90 Å². The highest BCUT2D eigenvalue weighted by atomic mass is 19.2. The SMILES string of the molecule is O=C(O)[C@@H]1C[C@@H]1C(=O)N1CCO[C@H](c2ccc(F)c(F)c2)C1. The van der Waals surface area contributed by atoms with Crippen LogP contribution in [0.2, 0.25) is 0 Å². The Kier molecular flexibility index (Phi) is 3.82. The third-order valence-electron chi connectivity index (χ3n) is 4.12. The molecule has 1 aromatic carbocycles. The number of morpholine rings is 1. The summed E-state index contributed by atoms with van der Waals surface area (Å²) in [6.45, 7) is 0.869. The zero-order valence-electron chi connectivity index (χ0n) is 11.7. The van der Waals surface area contributed by atoms with E-state index >= 15 is 0 Å². The number of halogens is 2. The highest BCUT2D eigenvalue weighted by Crippen LogP contribution is 2.40. The van der Waals surface area contributed by atoms with Crippen LogP contribution in [-0.4, -0.2) is 41.6 Å². The van der Waals surface area contributed by atoms with Crippen molar-refractivity contribution >= 4 is 11.9 Å². The average molecular weight is 311 g/mol. The van der Waals surface area contributed by atoms with Crippen molar-refractivity contribution in [1.29, 1.82) is 0 Å². The fourth-order valence-electron chi connectivity index (χ4n) is 2.74. The summed E-state index contributed by atoms with van der Waals surface area (Å²) in [5.41, 5.74) is 0.460. The molecule has 0 unspecified atom stereocenters. The third kappa shape index (κ3) is 2.81. The van der Waals surface area contributed by atoms with Crippen LogP contribution in [-0.2, 0) is 14.3 Å². The van der Waals surface area contributed by atoms with E-state index in [1.807, 2.05) is 0 Å². The van der Waals surface area contributed by atoms with E-state index in [4.69, 9.17) is 9.84 Å². The molecule has 0 spiro atoms. The Balaban J connectivity index is 1.68. The van der Waals surface area contributed by atoms with Crippen LogP contribution in [0.4, 0.5) is 8.78 Å². The van der Waals surface area contributed by atoms with Crippen molar-refractivity contribution in [2.24, 2.45) is 11.8 Å². The molecule has 118 valence electrons. The molecule has 1 N–H and O–H groups in total. The van der Waals surface area contributed by atoms with Gasteiger partial charge >= 0.3 is 5.97 Å². The molecule has 3 rings (SSSR count). The third-order valence-corrected chi connectivity index (χ3v) is 4.12. The van der Waals surface area contributed by atoms with Crippen LogP contribution < -0.4 is 0 Å². The van der Waals surface area contributed by atoms with Gasteiger partial charge in [-0.1, -0.05) is 6.07 Å². The molecule has 2 aliphatic rings. The predicted molar refractivity (Wildman–Crippen MR) is 70.9 cm³/mol. The van der Waals surface area contributed by atoms with Gasteiger partial charge in [0, 0.05) is 6.54 Å². The lowest BCUT2D eigenvalue weighted by atomic mass is 10.1. The first-order chi connectivity index (χ1) is 10.5. The average Bonchev–Trinajstić information content (AvgIpc) is 3.30. The Morgan fingerprint density at radius 3 is 2.64 bits per heavy atom. The summed E-state index contributed by atoms with van der Waals surface area (Å²) in [5.74, 6) is -4.13. The molecule has 1 saturated heterocycles. The number of aliphatic carboxylic acids is 1. The van der Waals surface area contributed by atoms with Crippen LogP contribution in [0.15, 0.2) is 18.2 Å². The van der Waals surface area contributed by atoms with Crippen molar-refractivity contribution in [3.05, 3.63) is 35.4 Å². The van der Waals surface area contributed by atoms with Gasteiger partial charge < -0.3 is 14.7 Å². The summed E-state index contributed by atoms with van der Waals surface area (Å²) in [6.07, 6.45) is -0.170. The van der Waals surface area contributed by atoms with Crippen molar-refractivity contribution in [1.82, 2.24) is 4.90 Å². The lowest BCUT2D eigenvalue weighted by Gasteiger charge is -2.33. The number of carbonyl (C=O) groups is 2. The van der Waals surface area contributed by atoms with E-state index < -0.39 is 35.5 Å². The molecule has 1 aliphatic heterocycles. The summed E-state index contributed by atoms with van der Waals surface area (Å²) in [4.78, 5) is 24.6. The highest BCUT2D eigenvalue weighted by Gasteiger charge is 2.50. The number of carbonyl (C=O) groups excluding carboxylic acids is 1. The van der Waals surface area contributed by atoms with Crippen molar-refractivity contribution in [2.45, 2.75) is 12.5 Å². The van der Waals surface area contributed by atoms with Gasteiger partial charge in [-0.15, -0.1) is 0 Å². The van der Waals surface area contributed by atoms with Gasteiger partial charge in [0.05, 0.1) is 25.0 Å². The summed E-state index contributed by atoms with van der Waals surface area (Å²) in [6, 6.07) is 3.51. The standard InChI is InChI=1S/C15H15F2NO4/c16-11-2-1-8(5-12(11)17)13-7-18(3-4-22-13)14(19)9-6-10(9)15(20)21/h1-2,5,9-10,13H,3-4,6-7H2,(H,20,21)/t9-,10+,13-/m0/s1. The molecule has 3 atom stereocenters. The molecule has 1 aromatic rings. The second-order valence-corrected chi connectivity index (χ2v) is 5.60. The number of hydrogen-bond acceptors (Lipinski definition) is 3. The maximum Gasteiger partial charge on any atom is 0.307 e. The second kappa shape index (κ2) is 5.64. The molecular weight excluding hydrogens is 296 g/mol. The first kappa shape index (κ1) is 14.9. The second-order valence-electron chi connectivity index (χ2n) is 5.60. The van der Waals surface area contributed by atoms with Gasteiger partial charge in [0.2, 0.25) is 5.91 Å². The zero-order valence-corrected chi connectivity index (χ0v) is 11.7. The minimum atomic E-state index is -0.960. The molecule has 5 nitrogen and oxygen atoms in total. The van der Waals surface area contributed by atoms with Gasteiger partial charge in [-0.25, -0.2) is 8.78 Å². The molecule has 1 amide bonds. The summed E-state index contributed by atoms with van der Waals surface area (Å²) < 4.78 is 31.8. The van der Waals surface area contributed by atoms with Gasteiger partial charge in [-0.3, -0.25) is 9.59 Å². The number of ether oxygens (including phenoxy) is 1. The lowest BCUT2D eigenvalue weighted by Crippen LogP contribution is -2.43. The van der Waals surface area contributed by atoms with Crippen molar-refractivity contribution in [2.75, 3.05) is 19.7 Å². The molecule has 7 heteroatoms. The smallest absolute Gasteiger partial charge is 0.307 e. The molecule has 0 aromatic heterocycles. The van der Waals surface area contributed by atoms with E-state index in [-0.39, 0.29) is 19.1 Å². The minimum Gasteiger partial charge on any atom is -0.481 e. The maximum atomic E-state index is 13.3. The number of nitrogens with zero attached hydrogens (tertiary/aromatic N) is 1. The Labute approximate surface area is 125 Å². The molecule has 1 aliphatic carbocycles. The zero-order chi connectivity index (χ0) is 15.9. The van der Waals surface area contributed by atoms with Crippen LogP contribution in [0.25, 0.3) is 0 Å². The van der Waals surface area contributed by atoms with Crippen molar-refractivity contribution in [3.8, 4) is 0 Å². The van der Waals surface area contributed by atoms with Crippen LogP contribution >= 0.6 is 0 Å². The Hall–Kier alpha value is -2.02. The first-order valence-electron chi connectivity index (χ1n) is 7.05. The van der Waals surface area contributed by atoms with Crippen molar-refractivity contribution < 1.29 is 28.2 Å². The maximum absolute atomic E-state index is 13.3. The lowest BCUT2D eigenvalue weighted by molar-refractivity contribution is -0.145. The fraction of sp³-hybridized carbons (Fsp3) is 0.467. The monoisotopic (exact) mass is 311 g/mol. The van der Waals surface area contributed by atoms with Gasteiger partial charge in [0.15, 0.2) is 11.6 Å². The van der Waals surface area contributed by atoms with E-state index in [1.165, 1.54) is 6.07 Å². The van der Waals surface area contributed by atoms with Crippen LogP contribution in [0, 0.1) is 23.5 Å². The highest BCUT2D eigenvalue weighted by molar-refractivity contribution is 5.89. The van der Waals surface area contributed by atoms with Gasteiger partial charge in [0.1, 0.15) is 6.10 Å². The number of carboxylic acids is 1.